The maximum absolute atomic E-state index is 11.7. The van der Waals surface area contributed by atoms with Gasteiger partial charge in [-0.2, -0.15) is 0 Å². The van der Waals surface area contributed by atoms with Crippen molar-refractivity contribution in [3.8, 4) is 0 Å². The van der Waals surface area contributed by atoms with Crippen LogP contribution >= 0.6 is 0 Å². The smallest absolute Gasteiger partial charge is 0.220 e. The number of rotatable bonds is 16. The Bertz CT molecular complexity index is 531. The van der Waals surface area contributed by atoms with Gasteiger partial charge in [0.05, 0.1) is 59.0 Å². The van der Waals surface area contributed by atoms with E-state index in [4.69, 9.17) is 18.9 Å². The fourth-order valence-electron chi connectivity index (χ4n) is 2.15. The fourth-order valence-corrected chi connectivity index (χ4v) is 2.15. The molecule has 0 fully saturated rings. The van der Waals surface area contributed by atoms with E-state index in [0.29, 0.717) is 65.8 Å². The van der Waals surface area contributed by atoms with Crippen LogP contribution in [0.4, 0.5) is 0 Å². The van der Waals surface area contributed by atoms with Gasteiger partial charge in [-0.05, 0) is 11.8 Å². The molecule has 0 spiro atoms. The molecule has 0 unspecified atom stereocenters. The minimum atomic E-state index is 0.0713. The monoisotopic (exact) mass is 400 g/mol. The minimum absolute atomic E-state index is 0.0713. The van der Waals surface area contributed by atoms with Crippen LogP contribution in [0.5, 0.6) is 0 Å². The molecule has 0 saturated carbocycles. The van der Waals surface area contributed by atoms with E-state index in [-0.39, 0.29) is 11.3 Å². The molecular weight excluding hydrogens is 364 g/mol. The summed E-state index contributed by atoms with van der Waals surface area (Å²) in [5.74, 6) is 0.0713. The molecule has 1 N–H and O–H groups in total. The lowest BCUT2D eigenvalue weighted by molar-refractivity contribution is -0.121. The lowest BCUT2D eigenvalue weighted by Gasteiger charge is -2.17. The molecule has 0 atom stereocenters. The van der Waals surface area contributed by atoms with E-state index in [1.54, 1.807) is 11.8 Å². The van der Waals surface area contributed by atoms with Crippen LogP contribution in [0.15, 0.2) is 6.20 Å². The largest absolute Gasteiger partial charge is 0.382 e. The Hall–Kier alpha value is -1.55. The number of hydrogen-bond donors (Lipinski definition) is 1. The van der Waals surface area contributed by atoms with Gasteiger partial charge in [-0.15, -0.1) is 5.10 Å². The van der Waals surface area contributed by atoms with Crippen molar-refractivity contribution in [2.75, 3.05) is 53.3 Å². The van der Waals surface area contributed by atoms with E-state index < -0.39 is 0 Å². The third-order valence-electron chi connectivity index (χ3n) is 3.78. The summed E-state index contributed by atoms with van der Waals surface area (Å²) in [6.45, 7) is 11.1. The first-order valence-corrected chi connectivity index (χ1v) is 9.78. The lowest BCUT2D eigenvalue weighted by atomic mass is 9.90. The van der Waals surface area contributed by atoms with Gasteiger partial charge in [-0.3, -0.25) is 4.79 Å². The van der Waals surface area contributed by atoms with Gasteiger partial charge in [0, 0.05) is 20.1 Å². The van der Waals surface area contributed by atoms with Gasteiger partial charge in [0.2, 0.25) is 5.91 Å². The van der Waals surface area contributed by atoms with Crippen molar-refractivity contribution in [3.63, 3.8) is 0 Å². The van der Waals surface area contributed by atoms with Crippen molar-refractivity contribution in [2.45, 2.75) is 46.8 Å². The predicted octanol–water partition coefficient (Wildman–Crippen LogP) is 1.42. The molecule has 1 aromatic rings. The molecule has 0 aliphatic carbocycles. The molecule has 0 bridgehead atoms. The highest BCUT2D eigenvalue weighted by Gasteiger charge is 2.12. The van der Waals surface area contributed by atoms with Crippen LogP contribution < -0.4 is 5.32 Å². The molecule has 162 valence electrons. The Kier molecular flexibility index (Phi) is 12.6. The van der Waals surface area contributed by atoms with Crippen LogP contribution in [0.2, 0.25) is 0 Å². The van der Waals surface area contributed by atoms with Crippen molar-refractivity contribution >= 4 is 5.91 Å². The van der Waals surface area contributed by atoms with Crippen LogP contribution in [0.25, 0.3) is 0 Å². The number of methoxy groups -OCH3 is 1. The van der Waals surface area contributed by atoms with Crippen molar-refractivity contribution in [3.05, 3.63) is 11.9 Å². The molecule has 1 rings (SSSR count). The Morgan fingerprint density at radius 2 is 1.79 bits per heavy atom. The van der Waals surface area contributed by atoms with E-state index in [0.717, 1.165) is 12.1 Å². The molecule has 28 heavy (non-hydrogen) atoms. The average Bonchev–Trinajstić information content (AvgIpc) is 3.09. The molecule has 9 heteroatoms. The quantitative estimate of drug-likeness (QED) is 0.419. The Morgan fingerprint density at radius 3 is 2.54 bits per heavy atom. The topological polar surface area (TPSA) is 96.7 Å². The highest BCUT2D eigenvalue weighted by molar-refractivity contribution is 5.75. The molecule has 0 aliphatic rings. The molecule has 0 aliphatic heterocycles. The number of carbonyl (C=O) groups excluding carboxylic acids is 1. The second-order valence-corrected chi connectivity index (χ2v) is 7.65. The average molecular weight is 401 g/mol. The maximum Gasteiger partial charge on any atom is 0.220 e. The molecular formula is C19H36N4O5. The summed E-state index contributed by atoms with van der Waals surface area (Å²) in [5, 5.41) is 10.9. The summed E-state index contributed by atoms with van der Waals surface area (Å²) in [6, 6.07) is 0. The standard InChI is InChI=1S/C19H36N4O5/c1-19(2,3)6-5-18(24)20-7-9-26-13-14-28-16-17-15-23(22-21-17)8-10-27-12-11-25-4/h15H,5-14,16H2,1-4H3,(H,20,24). The molecule has 1 amide bonds. The van der Waals surface area contributed by atoms with E-state index in [9.17, 15) is 4.79 Å². The van der Waals surface area contributed by atoms with Crippen LogP contribution in [0.1, 0.15) is 39.3 Å². The fraction of sp³-hybridized carbons (Fsp3) is 0.842. The summed E-state index contributed by atoms with van der Waals surface area (Å²) < 4.78 is 23.0. The zero-order valence-electron chi connectivity index (χ0n) is 17.7. The number of carbonyl (C=O) groups is 1. The second-order valence-electron chi connectivity index (χ2n) is 7.65. The maximum atomic E-state index is 11.7. The van der Waals surface area contributed by atoms with Crippen molar-refractivity contribution in [2.24, 2.45) is 5.41 Å². The van der Waals surface area contributed by atoms with Crippen LogP contribution in [-0.4, -0.2) is 74.2 Å². The first-order chi connectivity index (χ1) is 13.4. The third-order valence-corrected chi connectivity index (χ3v) is 3.78. The van der Waals surface area contributed by atoms with Gasteiger partial charge < -0.3 is 24.3 Å². The number of amides is 1. The Labute approximate surface area is 168 Å². The second kappa shape index (κ2) is 14.4. The van der Waals surface area contributed by atoms with Gasteiger partial charge in [0.1, 0.15) is 5.69 Å². The van der Waals surface area contributed by atoms with Gasteiger partial charge in [0.25, 0.3) is 0 Å². The van der Waals surface area contributed by atoms with Gasteiger partial charge >= 0.3 is 0 Å². The number of nitrogens with zero attached hydrogens (tertiary/aromatic N) is 3. The minimum Gasteiger partial charge on any atom is -0.382 e. The molecule has 1 aromatic heterocycles. The Morgan fingerprint density at radius 1 is 1.07 bits per heavy atom. The predicted molar refractivity (Wildman–Crippen MR) is 105 cm³/mol. The molecule has 0 aromatic carbocycles. The van der Waals surface area contributed by atoms with Gasteiger partial charge in [-0.25, -0.2) is 4.68 Å². The number of hydrogen-bond acceptors (Lipinski definition) is 7. The first-order valence-electron chi connectivity index (χ1n) is 9.78. The third kappa shape index (κ3) is 13.6. The van der Waals surface area contributed by atoms with E-state index in [2.05, 4.69) is 36.4 Å². The summed E-state index contributed by atoms with van der Waals surface area (Å²) in [4.78, 5) is 11.7. The van der Waals surface area contributed by atoms with Crippen LogP contribution in [0.3, 0.4) is 0 Å². The summed E-state index contributed by atoms with van der Waals surface area (Å²) in [5.41, 5.74) is 0.942. The highest BCUT2D eigenvalue weighted by atomic mass is 16.5. The lowest BCUT2D eigenvalue weighted by Crippen LogP contribution is -2.28. The number of nitrogens with one attached hydrogen (secondary N) is 1. The normalized spacial score (nSPS) is 11.7. The van der Waals surface area contributed by atoms with Crippen LogP contribution in [-0.2, 0) is 36.9 Å². The number of aromatic nitrogens is 3. The Balaban J connectivity index is 1.95. The molecule has 0 radical (unpaired) electrons. The number of ether oxygens (including phenoxy) is 4. The molecule has 9 nitrogen and oxygen atoms in total. The first kappa shape index (κ1) is 24.5. The van der Waals surface area contributed by atoms with Crippen LogP contribution in [0, 0.1) is 5.41 Å². The van der Waals surface area contributed by atoms with E-state index in [1.807, 2.05) is 6.20 Å². The summed E-state index contributed by atoms with van der Waals surface area (Å²) in [7, 11) is 1.64. The summed E-state index contributed by atoms with van der Waals surface area (Å²) in [6.07, 6.45) is 3.26. The van der Waals surface area contributed by atoms with Gasteiger partial charge in [0.15, 0.2) is 0 Å². The van der Waals surface area contributed by atoms with E-state index in [1.165, 1.54) is 0 Å². The van der Waals surface area contributed by atoms with Crippen molar-refractivity contribution < 1.29 is 23.7 Å². The van der Waals surface area contributed by atoms with E-state index >= 15 is 0 Å². The molecule has 0 saturated heterocycles. The zero-order chi connectivity index (χ0) is 20.7. The van der Waals surface area contributed by atoms with Gasteiger partial charge in [-0.1, -0.05) is 26.0 Å². The van der Waals surface area contributed by atoms with Crippen molar-refractivity contribution in [1.82, 2.24) is 20.3 Å². The zero-order valence-corrected chi connectivity index (χ0v) is 17.7. The SMILES string of the molecule is COCCOCCn1cc(COCCOCCNC(=O)CCC(C)(C)C)nn1. The molecule has 1 heterocycles. The highest BCUT2D eigenvalue weighted by Crippen LogP contribution is 2.20. The van der Waals surface area contributed by atoms with Crippen molar-refractivity contribution in [1.29, 1.82) is 0 Å². The summed E-state index contributed by atoms with van der Waals surface area (Å²) >= 11 is 0.